The molecule has 0 spiro atoms. The second-order valence-electron chi connectivity index (χ2n) is 6.33. The number of hydrogen-bond acceptors (Lipinski definition) is 2. The normalized spacial score (nSPS) is 11.5. The zero-order chi connectivity index (χ0) is 18.4. The fourth-order valence-electron chi connectivity index (χ4n) is 2.98. The molecule has 0 aliphatic rings. The molecule has 0 radical (unpaired) electrons. The molecule has 3 aromatic carbocycles. The highest BCUT2D eigenvalue weighted by Gasteiger charge is 2.11. The van der Waals surface area contributed by atoms with Crippen LogP contribution in [-0.4, -0.2) is 13.3 Å². The van der Waals surface area contributed by atoms with Gasteiger partial charge < -0.3 is 4.74 Å². The van der Waals surface area contributed by atoms with Crippen LogP contribution in [-0.2, 0) is 6.61 Å². The van der Waals surface area contributed by atoms with Crippen molar-refractivity contribution >= 4 is 25.4 Å². The molecule has 1 unspecified atom stereocenters. The minimum atomic E-state index is 0.528. The van der Waals surface area contributed by atoms with Gasteiger partial charge in [-0.1, -0.05) is 69.2 Å². The van der Waals surface area contributed by atoms with Gasteiger partial charge in [0.2, 0.25) is 0 Å². The fourth-order valence-corrected chi connectivity index (χ4v) is 4.42. The average Bonchev–Trinajstić information content (AvgIpc) is 2.63. The van der Waals surface area contributed by atoms with Crippen molar-refractivity contribution in [2.75, 3.05) is 7.05 Å². The van der Waals surface area contributed by atoms with E-state index in [1.165, 1.54) is 32.9 Å². The van der Waals surface area contributed by atoms with Crippen LogP contribution in [0.1, 0.15) is 22.3 Å². The van der Waals surface area contributed by atoms with Crippen molar-refractivity contribution < 1.29 is 4.74 Å². The van der Waals surface area contributed by atoms with Crippen molar-refractivity contribution in [3.8, 4) is 5.75 Å². The lowest BCUT2D eigenvalue weighted by atomic mass is 10.1. The van der Waals surface area contributed by atoms with Crippen molar-refractivity contribution in [3.05, 3.63) is 89.0 Å². The lowest BCUT2D eigenvalue weighted by Crippen LogP contribution is -2.13. The first-order valence-electron chi connectivity index (χ1n) is 8.73. The van der Waals surface area contributed by atoms with Gasteiger partial charge in [0, 0.05) is 18.6 Å². The van der Waals surface area contributed by atoms with E-state index in [2.05, 4.69) is 67.4 Å². The average molecular weight is 361 g/mol. The van der Waals surface area contributed by atoms with Crippen molar-refractivity contribution in [1.82, 2.24) is 0 Å². The minimum absolute atomic E-state index is 0.528. The lowest BCUT2D eigenvalue weighted by Gasteiger charge is -2.16. The molecule has 0 fully saturated rings. The lowest BCUT2D eigenvalue weighted by molar-refractivity contribution is 0.307. The molecule has 26 heavy (non-hydrogen) atoms. The van der Waals surface area contributed by atoms with Crippen LogP contribution in [0.3, 0.4) is 0 Å². The Morgan fingerprint density at radius 3 is 2.42 bits per heavy atom. The summed E-state index contributed by atoms with van der Waals surface area (Å²) in [6.45, 7) is 4.85. The van der Waals surface area contributed by atoms with Crippen LogP contribution in [0.4, 0.5) is 0 Å². The van der Waals surface area contributed by atoms with Gasteiger partial charge in [-0.25, -0.2) is 0 Å². The van der Waals surface area contributed by atoms with Gasteiger partial charge in [-0.05, 0) is 47.5 Å². The van der Waals surface area contributed by atoms with E-state index in [0.29, 0.717) is 15.2 Å². The second-order valence-corrected chi connectivity index (χ2v) is 7.66. The SMILES string of the molecule is CN=Cc1ccccc1Pc1cc(C)cc(C)c1OCc1ccccc1. The molecule has 0 saturated carbocycles. The van der Waals surface area contributed by atoms with Crippen LogP contribution in [0.5, 0.6) is 5.75 Å². The van der Waals surface area contributed by atoms with E-state index in [1.807, 2.05) is 31.5 Å². The van der Waals surface area contributed by atoms with Crippen molar-refractivity contribution in [2.24, 2.45) is 4.99 Å². The van der Waals surface area contributed by atoms with E-state index in [4.69, 9.17) is 4.74 Å². The van der Waals surface area contributed by atoms with Gasteiger partial charge in [-0.15, -0.1) is 0 Å². The predicted molar refractivity (Wildman–Crippen MR) is 114 cm³/mol. The zero-order valence-electron chi connectivity index (χ0n) is 15.5. The van der Waals surface area contributed by atoms with E-state index in [1.54, 1.807) is 0 Å². The maximum atomic E-state index is 6.25. The molecular weight excluding hydrogens is 337 g/mol. The van der Waals surface area contributed by atoms with E-state index >= 15 is 0 Å². The molecule has 0 N–H and O–H groups in total. The fraction of sp³-hybridized carbons (Fsp3) is 0.174. The Morgan fingerprint density at radius 1 is 0.923 bits per heavy atom. The molecule has 0 bridgehead atoms. The van der Waals surface area contributed by atoms with Crippen molar-refractivity contribution in [3.63, 3.8) is 0 Å². The number of aryl methyl sites for hydroxylation is 2. The quantitative estimate of drug-likeness (QED) is 0.466. The van der Waals surface area contributed by atoms with Gasteiger partial charge in [-0.3, -0.25) is 4.99 Å². The maximum Gasteiger partial charge on any atom is 0.130 e. The highest BCUT2D eigenvalue weighted by atomic mass is 31.1. The molecule has 1 atom stereocenters. The highest BCUT2D eigenvalue weighted by molar-refractivity contribution is 7.56. The number of hydrogen-bond donors (Lipinski definition) is 0. The van der Waals surface area contributed by atoms with Crippen LogP contribution in [0.2, 0.25) is 0 Å². The standard InChI is InChI=1S/C23H24NOP/c1-17-13-18(2)23(25-16-19-9-5-4-6-10-19)22(14-17)26-21-12-8-7-11-20(21)15-24-3/h4-15,26H,16H2,1-3H3. The van der Waals surface area contributed by atoms with Crippen LogP contribution in [0, 0.1) is 13.8 Å². The Kier molecular flexibility index (Phi) is 6.20. The zero-order valence-corrected chi connectivity index (χ0v) is 16.5. The van der Waals surface area contributed by atoms with Crippen LogP contribution >= 0.6 is 8.58 Å². The number of nitrogens with zero attached hydrogens (tertiary/aromatic N) is 1. The third-order valence-corrected chi connectivity index (χ3v) is 5.51. The van der Waals surface area contributed by atoms with E-state index in [0.717, 1.165) is 5.75 Å². The second kappa shape index (κ2) is 8.78. The molecule has 3 aromatic rings. The Balaban J connectivity index is 1.91. The molecular formula is C23H24NOP. The Morgan fingerprint density at radius 2 is 1.65 bits per heavy atom. The number of rotatable bonds is 6. The Bertz CT molecular complexity index is 903. The molecule has 0 amide bonds. The van der Waals surface area contributed by atoms with Crippen molar-refractivity contribution in [1.29, 1.82) is 0 Å². The largest absolute Gasteiger partial charge is 0.488 e. The van der Waals surface area contributed by atoms with Gasteiger partial charge in [0.05, 0.1) is 0 Å². The van der Waals surface area contributed by atoms with E-state index in [9.17, 15) is 0 Å². The molecule has 0 aliphatic carbocycles. The summed E-state index contributed by atoms with van der Waals surface area (Å²) in [5.74, 6) is 1.00. The first-order chi connectivity index (χ1) is 12.7. The molecule has 3 heteroatoms. The third-order valence-electron chi connectivity index (χ3n) is 4.14. The van der Waals surface area contributed by atoms with E-state index < -0.39 is 0 Å². The molecule has 132 valence electrons. The highest BCUT2D eigenvalue weighted by Crippen LogP contribution is 2.26. The smallest absolute Gasteiger partial charge is 0.130 e. The summed E-state index contributed by atoms with van der Waals surface area (Å²) in [5.41, 5.74) is 4.80. The molecule has 0 aliphatic heterocycles. The summed E-state index contributed by atoms with van der Waals surface area (Å²) in [7, 11) is 2.34. The number of ether oxygens (including phenoxy) is 1. The minimum Gasteiger partial charge on any atom is -0.488 e. The molecule has 3 rings (SSSR count). The molecule has 0 saturated heterocycles. The van der Waals surface area contributed by atoms with Gasteiger partial charge in [0.1, 0.15) is 12.4 Å². The summed E-state index contributed by atoms with van der Waals surface area (Å²) in [4.78, 5) is 4.19. The van der Waals surface area contributed by atoms with Crippen LogP contribution < -0.4 is 15.3 Å². The number of aliphatic imine (C=N–C) groups is 1. The predicted octanol–water partition coefficient (Wildman–Crippen LogP) is 4.56. The van der Waals surface area contributed by atoms with Gasteiger partial charge >= 0.3 is 0 Å². The van der Waals surface area contributed by atoms with E-state index in [-0.39, 0.29) is 0 Å². The molecule has 0 aromatic heterocycles. The molecule has 2 nitrogen and oxygen atoms in total. The Hall–Kier alpha value is -2.44. The third kappa shape index (κ3) is 4.59. The monoisotopic (exact) mass is 361 g/mol. The number of benzene rings is 3. The van der Waals surface area contributed by atoms with Crippen LogP contribution in [0.15, 0.2) is 71.7 Å². The first kappa shape index (κ1) is 18.4. The summed E-state index contributed by atoms with van der Waals surface area (Å²) >= 11 is 0. The molecule has 0 heterocycles. The summed E-state index contributed by atoms with van der Waals surface area (Å²) in [6.07, 6.45) is 1.93. The summed E-state index contributed by atoms with van der Waals surface area (Å²) < 4.78 is 6.25. The summed E-state index contributed by atoms with van der Waals surface area (Å²) in [5, 5.41) is 2.53. The Labute approximate surface area is 157 Å². The van der Waals surface area contributed by atoms with Crippen molar-refractivity contribution in [2.45, 2.75) is 20.5 Å². The summed E-state index contributed by atoms with van der Waals surface area (Å²) in [6, 6.07) is 23.2. The maximum absolute atomic E-state index is 6.25. The first-order valence-corrected chi connectivity index (χ1v) is 9.73. The topological polar surface area (TPSA) is 21.6 Å². The van der Waals surface area contributed by atoms with Gasteiger partial charge in [0.15, 0.2) is 0 Å². The van der Waals surface area contributed by atoms with Crippen LogP contribution in [0.25, 0.3) is 0 Å². The van der Waals surface area contributed by atoms with Gasteiger partial charge in [0.25, 0.3) is 0 Å². The van der Waals surface area contributed by atoms with Gasteiger partial charge in [-0.2, -0.15) is 0 Å².